The predicted molar refractivity (Wildman–Crippen MR) is 95.3 cm³/mol. The molecule has 1 aromatic heterocycles. The van der Waals surface area contributed by atoms with Gasteiger partial charge in [0.25, 0.3) is 0 Å². The van der Waals surface area contributed by atoms with Gasteiger partial charge in [-0.15, -0.1) is 11.8 Å². The van der Waals surface area contributed by atoms with Crippen LogP contribution in [0.4, 0.5) is 5.82 Å². The normalized spacial score (nSPS) is 17.7. The van der Waals surface area contributed by atoms with Crippen LogP contribution in [0.15, 0.2) is 47.6 Å². The molecular weight excluding hydrogens is 306 g/mol. The summed E-state index contributed by atoms with van der Waals surface area (Å²) < 4.78 is 5.64. The van der Waals surface area contributed by atoms with E-state index in [1.165, 1.54) is 11.3 Å². The summed E-state index contributed by atoms with van der Waals surface area (Å²) in [6.45, 7) is 6.08. The third kappa shape index (κ3) is 4.61. The van der Waals surface area contributed by atoms with Gasteiger partial charge in [-0.3, -0.25) is 4.98 Å². The number of hydrogen-bond acceptors (Lipinski definition) is 5. The summed E-state index contributed by atoms with van der Waals surface area (Å²) in [5.74, 6) is 3.38. The predicted octanol–water partition coefficient (Wildman–Crippen LogP) is 3.88. The Morgan fingerprint density at radius 1 is 1.26 bits per heavy atom. The summed E-state index contributed by atoms with van der Waals surface area (Å²) in [6, 6.07) is 10.6. The number of thioether (sulfide) groups is 1. The Hall–Kier alpha value is -1.75. The topological polar surface area (TPSA) is 38.2 Å². The van der Waals surface area contributed by atoms with Gasteiger partial charge in [-0.2, -0.15) is 4.98 Å². The lowest BCUT2D eigenvalue weighted by atomic mass is 10.2. The van der Waals surface area contributed by atoms with E-state index in [-0.39, 0.29) is 6.10 Å². The van der Waals surface area contributed by atoms with Crippen molar-refractivity contribution in [2.75, 3.05) is 23.7 Å². The first-order valence-electron chi connectivity index (χ1n) is 8.12. The second-order valence-corrected chi connectivity index (χ2v) is 7.20. The molecule has 1 fully saturated rings. The van der Waals surface area contributed by atoms with Gasteiger partial charge >= 0.3 is 0 Å². The van der Waals surface area contributed by atoms with E-state index in [1.807, 2.05) is 31.8 Å². The molecule has 23 heavy (non-hydrogen) atoms. The van der Waals surface area contributed by atoms with Gasteiger partial charge in [-0.1, -0.05) is 18.2 Å². The molecule has 122 valence electrons. The first kappa shape index (κ1) is 16.1. The minimum Gasteiger partial charge on any atom is -0.474 e. The fourth-order valence-corrected chi connectivity index (χ4v) is 3.75. The van der Waals surface area contributed by atoms with Crippen LogP contribution in [0.1, 0.15) is 20.3 Å². The summed E-state index contributed by atoms with van der Waals surface area (Å²) in [5.41, 5.74) is 0. The molecule has 0 saturated carbocycles. The number of anilines is 1. The van der Waals surface area contributed by atoms with Crippen LogP contribution >= 0.6 is 11.8 Å². The van der Waals surface area contributed by atoms with Crippen LogP contribution in [0.25, 0.3) is 0 Å². The Kier molecular flexibility index (Phi) is 5.39. The average Bonchev–Trinajstić information content (AvgIpc) is 3.03. The van der Waals surface area contributed by atoms with Gasteiger partial charge in [0.2, 0.25) is 5.88 Å². The molecule has 5 heteroatoms. The van der Waals surface area contributed by atoms with Crippen LogP contribution in [-0.2, 0) is 0 Å². The van der Waals surface area contributed by atoms with E-state index in [1.54, 1.807) is 6.20 Å². The summed E-state index contributed by atoms with van der Waals surface area (Å²) in [4.78, 5) is 12.5. The Bertz CT molecular complexity index is 621. The second kappa shape index (κ2) is 7.68. The maximum absolute atomic E-state index is 5.64. The van der Waals surface area contributed by atoms with Crippen LogP contribution < -0.4 is 9.64 Å². The van der Waals surface area contributed by atoms with Crippen molar-refractivity contribution in [3.8, 4) is 5.88 Å². The van der Waals surface area contributed by atoms with Crippen molar-refractivity contribution < 1.29 is 4.74 Å². The van der Waals surface area contributed by atoms with Gasteiger partial charge in [0.05, 0.1) is 18.5 Å². The van der Waals surface area contributed by atoms with Gasteiger partial charge in [0.15, 0.2) is 5.82 Å². The molecule has 2 aromatic rings. The average molecular weight is 329 g/mol. The molecule has 2 heterocycles. The second-order valence-electron chi connectivity index (χ2n) is 6.11. The zero-order valence-electron chi connectivity index (χ0n) is 13.7. The number of benzene rings is 1. The minimum atomic E-state index is 0.119. The number of hydrogen-bond donors (Lipinski definition) is 0. The van der Waals surface area contributed by atoms with Gasteiger partial charge in [0, 0.05) is 23.7 Å². The van der Waals surface area contributed by atoms with Gasteiger partial charge in [-0.25, -0.2) is 0 Å². The molecule has 1 aliphatic heterocycles. The highest BCUT2D eigenvalue weighted by Crippen LogP contribution is 2.28. The van der Waals surface area contributed by atoms with E-state index in [0.717, 1.165) is 24.7 Å². The van der Waals surface area contributed by atoms with Crippen molar-refractivity contribution >= 4 is 17.6 Å². The maximum atomic E-state index is 5.64. The Balaban J connectivity index is 1.55. The van der Waals surface area contributed by atoms with Crippen LogP contribution in [-0.4, -0.2) is 34.9 Å². The lowest BCUT2D eigenvalue weighted by Gasteiger charge is -2.18. The van der Waals surface area contributed by atoms with Crippen molar-refractivity contribution in [3.63, 3.8) is 0 Å². The van der Waals surface area contributed by atoms with E-state index in [2.05, 4.69) is 45.2 Å². The standard InChI is InChI=1S/C18H23N3OS/c1-14(2)22-18-11-19-10-17(20-18)21-9-8-15(12-21)13-23-16-6-4-3-5-7-16/h3-7,10-11,14-15H,8-9,12-13H2,1-2H3. The minimum absolute atomic E-state index is 0.119. The monoisotopic (exact) mass is 329 g/mol. The molecule has 1 saturated heterocycles. The Morgan fingerprint density at radius 2 is 2.09 bits per heavy atom. The van der Waals surface area contributed by atoms with Crippen LogP contribution in [0, 0.1) is 5.92 Å². The Morgan fingerprint density at radius 3 is 2.87 bits per heavy atom. The van der Waals surface area contributed by atoms with E-state index in [4.69, 9.17) is 4.74 Å². The molecule has 1 atom stereocenters. The van der Waals surface area contributed by atoms with E-state index < -0.39 is 0 Å². The number of rotatable bonds is 6. The first-order chi connectivity index (χ1) is 11.2. The molecule has 1 unspecified atom stereocenters. The lowest BCUT2D eigenvalue weighted by molar-refractivity contribution is 0.231. The molecule has 0 N–H and O–H groups in total. The maximum Gasteiger partial charge on any atom is 0.234 e. The fourth-order valence-electron chi connectivity index (χ4n) is 2.70. The first-order valence-corrected chi connectivity index (χ1v) is 9.11. The third-order valence-corrected chi connectivity index (χ3v) is 5.04. The van der Waals surface area contributed by atoms with Crippen molar-refractivity contribution in [2.45, 2.75) is 31.3 Å². The number of ether oxygens (including phenoxy) is 1. The van der Waals surface area contributed by atoms with Crippen LogP contribution in [0.5, 0.6) is 5.88 Å². The van der Waals surface area contributed by atoms with Crippen molar-refractivity contribution in [3.05, 3.63) is 42.7 Å². The SMILES string of the molecule is CC(C)Oc1cncc(N2CCC(CSc3ccccc3)C2)n1. The summed E-state index contributed by atoms with van der Waals surface area (Å²) in [5, 5.41) is 0. The van der Waals surface area contributed by atoms with E-state index in [0.29, 0.717) is 11.8 Å². The molecule has 1 aliphatic rings. The molecule has 4 nitrogen and oxygen atoms in total. The molecule has 0 radical (unpaired) electrons. The highest BCUT2D eigenvalue weighted by molar-refractivity contribution is 7.99. The van der Waals surface area contributed by atoms with Gasteiger partial charge in [0.1, 0.15) is 0 Å². The smallest absolute Gasteiger partial charge is 0.234 e. The molecule has 0 amide bonds. The molecule has 0 bridgehead atoms. The van der Waals surface area contributed by atoms with E-state index in [9.17, 15) is 0 Å². The summed E-state index contributed by atoms with van der Waals surface area (Å²) in [7, 11) is 0. The highest BCUT2D eigenvalue weighted by Gasteiger charge is 2.24. The van der Waals surface area contributed by atoms with Crippen molar-refractivity contribution in [1.82, 2.24) is 9.97 Å². The quantitative estimate of drug-likeness (QED) is 0.752. The summed E-state index contributed by atoms with van der Waals surface area (Å²) in [6.07, 6.45) is 4.84. The molecular formula is C18H23N3OS. The Labute approximate surface area is 142 Å². The van der Waals surface area contributed by atoms with E-state index >= 15 is 0 Å². The molecule has 0 spiro atoms. The van der Waals surface area contributed by atoms with Crippen LogP contribution in [0.2, 0.25) is 0 Å². The lowest BCUT2D eigenvalue weighted by Crippen LogP contribution is -2.22. The van der Waals surface area contributed by atoms with Crippen molar-refractivity contribution in [2.24, 2.45) is 5.92 Å². The number of nitrogens with zero attached hydrogens (tertiary/aromatic N) is 3. The number of aromatic nitrogens is 2. The van der Waals surface area contributed by atoms with Gasteiger partial charge in [-0.05, 0) is 38.3 Å². The highest BCUT2D eigenvalue weighted by atomic mass is 32.2. The van der Waals surface area contributed by atoms with Crippen molar-refractivity contribution in [1.29, 1.82) is 0 Å². The molecule has 0 aliphatic carbocycles. The molecule has 1 aromatic carbocycles. The fraction of sp³-hybridized carbons (Fsp3) is 0.444. The zero-order chi connectivity index (χ0) is 16.1. The largest absolute Gasteiger partial charge is 0.474 e. The zero-order valence-corrected chi connectivity index (χ0v) is 14.5. The third-order valence-electron chi connectivity index (χ3n) is 3.79. The van der Waals surface area contributed by atoms with Crippen LogP contribution in [0.3, 0.4) is 0 Å². The molecule has 3 rings (SSSR count). The summed E-state index contributed by atoms with van der Waals surface area (Å²) >= 11 is 1.94. The van der Waals surface area contributed by atoms with Gasteiger partial charge < -0.3 is 9.64 Å².